The molecule has 0 bridgehead atoms. The summed E-state index contributed by atoms with van der Waals surface area (Å²) in [6.45, 7) is 10.3. The van der Waals surface area contributed by atoms with Gasteiger partial charge >= 0.3 is 0 Å². The van der Waals surface area contributed by atoms with Gasteiger partial charge in [-0.1, -0.05) is 5.16 Å². The lowest BCUT2D eigenvalue weighted by molar-refractivity contribution is -0.140. The maximum absolute atomic E-state index is 12.6. The molecule has 150 valence electrons. The van der Waals surface area contributed by atoms with Crippen molar-refractivity contribution in [3.8, 4) is 0 Å². The summed E-state index contributed by atoms with van der Waals surface area (Å²) in [5.74, 6) is 1.14. The van der Waals surface area contributed by atoms with Gasteiger partial charge in [0.15, 0.2) is 0 Å². The van der Waals surface area contributed by atoms with Crippen LogP contribution in [0.15, 0.2) is 16.9 Å². The predicted octanol–water partition coefficient (Wildman–Crippen LogP) is 2.79. The van der Waals surface area contributed by atoms with E-state index in [1.54, 1.807) is 12.4 Å². The van der Waals surface area contributed by atoms with Crippen LogP contribution in [0, 0.1) is 26.2 Å². The third-order valence-corrected chi connectivity index (χ3v) is 6.24. The number of rotatable bonds is 4. The predicted molar refractivity (Wildman–Crippen MR) is 104 cm³/mol. The minimum atomic E-state index is 0.170. The van der Waals surface area contributed by atoms with Crippen molar-refractivity contribution in [1.29, 1.82) is 0 Å². The molecule has 4 rings (SSSR count). The minimum Gasteiger partial charge on any atom is -0.361 e. The molecule has 7 heteroatoms. The molecule has 2 fully saturated rings. The van der Waals surface area contributed by atoms with E-state index in [4.69, 9.17) is 4.52 Å². The number of hydrogen-bond donors (Lipinski definition) is 0. The molecule has 1 spiro atoms. The SMILES string of the molecule is Cc1cnc(CN2C[C@]3(CCCN(Cc4c(C)noc4C)C3)CCC2=O)cn1. The van der Waals surface area contributed by atoms with Gasteiger partial charge in [0.05, 0.1) is 29.8 Å². The minimum absolute atomic E-state index is 0.170. The number of aryl methyl sites for hydroxylation is 3. The van der Waals surface area contributed by atoms with Crippen molar-refractivity contribution in [3.05, 3.63) is 40.8 Å². The lowest BCUT2D eigenvalue weighted by Gasteiger charge is -2.48. The summed E-state index contributed by atoms with van der Waals surface area (Å²) in [5.41, 5.74) is 4.11. The van der Waals surface area contributed by atoms with Gasteiger partial charge in [0.1, 0.15) is 5.76 Å². The lowest BCUT2D eigenvalue weighted by atomic mass is 9.73. The molecular formula is C21H29N5O2. The Balaban J connectivity index is 1.45. The van der Waals surface area contributed by atoms with E-state index in [1.807, 2.05) is 25.7 Å². The molecule has 0 aromatic carbocycles. The zero-order chi connectivity index (χ0) is 19.7. The summed E-state index contributed by atoms with van der Waals surface area (Å²) in [4.78, 5) is 25.8. The zero-order valence-electron chi connectivity index (χ0n) is 17.1. The average molecular weight is 383 g/mol. The normalized spacial score (nSPS) is 23.5. The van der Waals surface area contributed by atoms with Crippen LogP contribution in [0.3, 0.4) is 0 Å². The van der Waals surface area contributed by atoms with E-state index in [0.29, 0.717) is 13.0 Å². The average Bonchev–Trinajstić information content (AvgIpc) is 2.99. The molecule has 2 aromatic rings. The highest BCUT2D eigenvalue weighted by Gasteiger charge is 2.41. The van der Waals surface area contributed by atoms with Crippen molar-refractivity contribution in [3.63, 3.8) is 0 Å². The lowest BCUT2D eigenvalue weighted by Crippen LogP contribution is -2.53. The first-order chi connectivity index (χ1) is 13.4. The molecule has 28 heavy (non-hydrogen) atoms. The molecule has 2 aliphatic heterocycles. The van der Waals surface area contributed by atoms with Gasteiger partial charge in [-0.2, -0.15) is 0 Å². The van der Waals surface area contributed by atoms with Gasteiger partial charge in [0.2, 0.25) is 5.91 Å². The first kappa shape index (κ1) is 19.1. The van der Waals surface area contributed by atoms with Crippen LogP contribution in [0.2, 0.25) is 0 Å². The molecule has 0 saturated carbocycles. The quantitative estimate of drug-likeness (QED) is 0.808. The molecular weight excluding hydrogens is 354 g/mol. The molecule has 0 aliphatic carbocycles. The Morgan fingerprint density at radius 1 is 1.11 bits per heavy atom. The molecule has 2 aromatic heterocycles. The zero-order valence-corrected chi connectivity index (χ0v) is 17.1. The largest absolute Gasteiger partial charge is 0.361 e. The summed E-state index contributed by atoms with van der Waals surface area (Å²) in [6.07, 6.45) is 7.49. The van der Waals surface area contributed by atoms with Crippen molar-refractivity contribution < 1.29 is 9.32 Å². The highest BCUT2D eigenvalue weighted by Crippen LogP contribution is 2.39. The number of carbonyl (C=O) groups is 1. The van der Waals surface area contributed by atoms with E-state index in [0.717, 1.165) is 61.9 Å². The van der Waals surface area contributed by atoms with Crippen molar-refractivity contribution in [2.24, 2.45) is 5.41 Å². The Labute approximate surface area is 166 Å². The Hall–Kier alpha value is -2.28. The Bertz CT molecular complexity index is 827. The Kier molecular flexibility index (Phi) is 5.19. The molecule has 1 amide bonds. The van der Waals surface area contributed by atoms with Crippen LogP contribution in [0.25, 0.3) is 0 Å². The fourth-order valence-electron chi connectivity index (χ4n) is 4.67. The molecule has 0 radical (unpaired) electrons. The highest BCUT2D eigenvalue weighted by molar-refractivity contribution is 5.77. The summed E-state index contributed by atoms with van der Waals surface area (Å²) in [7, 11) is 0. The summed E-state index contributed by atoms with van der Waals surface area (Å²) >= 11 is 0. The van der Waals surface area contributed by atoms with Crippen LogP contribution < -0.4 is 0 Å². The van der Waals surface area contributed by atoms with Crippen LogP contribution in [0.4, 0.5) is 0 Å². The second-order valence-electron chi connectivity index (χ2n) is 8.52. The third kappa shape index (κ3) is 3.94. The van der Waals surface area contributed by atoms with Crippen molar-refractivity contribution in [2.75, 3.05) is 19.6 Å². The Morgan fingerprint density at radius 2 is 1.96 bits per heavy atom. The van der Waals surface area contributed by atoms with Gasteiger partial charge < -0.3 is 9.42 Å². The first-order valence-electron chi connectivity index (χ1n) is 10.1. The number of amides is 1. The number of nitrogens with zero attached hydrogens (tertiary/aromatic N) is 5. The molecule has 0 unspecified atom stereocenters. The number of aromatic nitrogens is 3. The number of carbonyl (C=O) groups excluding carboxylic acids is 1. The van der Waals surface area contributed by atoms with Crippen LogP contribution in [-0.4, -0.2) is 50.5 Å². The van der Waals surface area contributed by atoms with Gasteiger partial charge in [-0.3, -0.25) is 19.7 Å². The van der Waals surface area contributed by atoms with Crippen LogP contribution >= 0.6 is 0 Å². The molecule has 1 atom stereocenters. The molecule has 0 N–H and O–H groups in total. The second kappa shape index (κ2) is 7.62. The monoisotopic (exact) mass is 383 g/mol. The fourth-order valence-corrected chi connectivity index (χ4v) is 4.67. The maximum atomic E-state index is 12.6. The molecule has 2 aliphatic rings. The second-order valence-corrected chi connectivity index (χ2v) is 8.52. The van der Waals surface area contributed by atoms with Gasteiger partial charge in [0, 0.05) is 43.2 Å². The van der Waals surface area contributed by atoms with E-state index in [9.17, 15) is 4.79 Å². The van der Waals surface area contributed by atoms with Crippen molar-refractivity contribution in [2.45, 2.75) is 59.5 Å². The molecule has 2 saturated heterocycles. The van der Waals surface area contributed by atoms with Crippen molar-refractivity contribution >= 4 is 5.91 Å². The summed E-state index contributed by atoms with van der Waals surface area (Å²) in [5, 5.41) is 4.09. The van der Waals surface area contributed by atoms with Gasteiger partial charge in [-0.25, -0.2) is 0 Å². The van der Waals surface area contributed by atoms with Crippen LogP contribution in [-0.2, 0) is 17.9 Å². The smallest absolute Gasteiger partial charge is 0.222 e. The maximum Gasteiger partial charge on any atom is 0.222 e. The van der Waals surface area contributed by atoms with Gasteiger partial charge in [-0.05, 0) is 46.6 Å². The van der Waals surface area contributed by atoms with Crippen molar-refractivity contribution in [1.82, 2.24) is 24.9 Å². The van der Waals surface area contributed by atoms with E-state index in [2.05, 4.69) is 20.0 Å². The topological polar surface area (TPSA) is 75.4 Å². The summed E-state index contributed by atoms with van der Waals surface area (Å²) in [6, 6.07) is 0. The third-order valence-electron chi connectivity index (χ3n) is 6.24. The van der Waals surface area contributed by atoms with E-state index < -0.39 is 0 Å². The van der Waals surface area contributed by atoms with Gasteiger partial charge in [-0.15, -0.1) is 0 Å². The standard InChI is InChI=1S/C21H29N5O2/c1-15-9-23-18(10-22-15)11-26-14-21(7-5-20(26)27)6-4-8-25(13-21)12-19-16(2)24-28-17(19)3/h9-10H,4-8,11-14H2,1-3H3/t21-/m1/s1. The number of piperidine rings is 2. The Morgan fingerprint density at radius 3 is 2.68 bits per heavy atom. The number of likely N-dealkylation sites (tertiary alicyclic amines) is 2. The van der Waals surface area contributed by atoms with E-state index in [-0.39, 0.29) is 11.3 Å². The highest BCUT2D eigenvalue weighted by atomic mass is 16.5. The number of hydrogen-bond acceptors (Lipinski definition) is 6. The van der Waals surface area contributed by atoms with E-state index in [1.165, 1.54) is 12.0 Å². The molecule has 4 heterocycles. The van der Waals surface area contributed by atoms with Gasteiger partial charge in [0.25, 0.3) is 0 Å². The summed E-state index contributed by atoms with van der Waals surface area (Å²) < 4.78 is 5.34. The van der Waals surface area contributed by atoms with Crippen LogP contribution in [0.5, 0.6) is 0 Å². The van der Waals surface area contributed by atoms with E-state index >= 15 is 0 Å². The molecule has 7 nitrogen and oxygen atoms in total. The fraction of sp³-hybridized carbons (Fsp3) is 0.619. The van der Waals surface area contributed by atoms with Crippen LogP contribution in [0.1, 0.15) is 54.1 Å². The first-order valence-corrected chi connectivity index (χ1v) is 10.1.